The smallest absolute Gasteiger partial charge is 0.304 e. The first kappa shape index (κ1) is 18.4. The molecule has 0 amide bonds. The normalized spacial score (nSPS) is 19.4. The average Bonchev–Trinajstić information content (AvgIpc) is 2.24. The highest BCUT2D eigenvalue weighted by atomic mass is 32.2. The summed E-state index contributed by atoms with van der Waals surface area (Å²) in [5, 5.41) is 8.96. The molecule has 0 aromatic rings. The molecular formula is C15H29NO4S. The van der Waals surface area contributed by atoms with Crippen molar-refractivity contribution in [1.29, 1.82) is 0 Å². The van der Waals surface area contributed by atoms with Gasteiger partial charge in [-0.1, -0.05) is 40.0 Å². The lowest BCUT2D eigenvalue weighted by Crippen LogP contribution is -2.41. The summed E-state index contributed by atoms with van der Waals surface area (Å²) in [6.07, 6.45) is 5.66. The van der Waals surface area contributed by atoms with E-state index in [0.717, 1.165) is 25.7 Å². The first-order valence-electron chi connectivity index (χ1n) is 7.79. The molecule has 0 aromatic carbocycles. The number of aliphatic carboxylic acids is 1. The average molecular weight is 319 g/mol. The molecule has 1 unspecified atom stereocenters. The lowest BCUT2D eigenvalue weighted by atomic mass is 9.87. The fourth-order valence-electron chi connectivity index (χ4n) is 3.07. The van der Waals surface area contributed by atoms with Crippen molar-refractivity contribution in [2.75, 3.05) is 5.75 Å². The predicted octanol–water partition coefficient (Wildman–Crippen LogP) is 2.77. The van der Waals surface area contributed by atoms with Crippen LogP contribution >= 0.6 is 0 Å². The lowest BCUT2D eigenvalue weighted by molar-refractivity contribution is -0.137. The quantitative estimate of drug-likeness (QED) is 0.756. The highest BCUT2D eigenvalue weighted by Crippen LogP contribution is 2.26. The Morgan fingerprint density at radius 2 is 1.81 bits per heavy atom. The van der Waals surface area contributed by atoms with E-state index >= 15 is 0 Å². The Kier molecular flexibility index (Phi) is 6.66. The number of hydrogen-bond donors (Lipinski definition) is 2. The number of carboxylic acids is 1. The first-order chi connectivity index (χ1) is 9.57. The monoisotopic (exact) mass is 319 g/mol. The molecule has 6 heteroatoms. The SMILES string of the molecule is CC(C)(C)CC(CC(=O)O)NS(=O)(=O)CC1CCCCC1. The Morgan fingerprint density at radius 1 is 1.24 bits per heavy atom. The number of carboxylic acid groups (broad SMARTS) is 1. The molecule has 0 spiro atoms. The molecule has 1 fully saturated rings. The van der Waals surface area contributed by atoms with Crippen LogP contribution in [0.15, 0.2) is 0 Å². The van der Waals surface area contributed by atoms with Gasteiger partial charge in [-0.3, -0.25) is 4.79 Å². The Bertz CT molecular complexity index is 433. The van der Waals surface area contributed by atoms with Crippen molar-refractivity contribution in [2.45, 2.75) is 71.8 Å². The number of hydrogen-bond acceptors (Lipinski definition) is 3. The minimum Gasteiger partial charge on any atom is -0.481 e. The highest BCUT2D eigenvalue weighted by molar-refractivity contribution is 7.89. The van der Waals surface area contributed by atoms with Crippen molar-refractivity contribution >= 4 is 16.0 Å². The molecule has 1 saturated carbocycles. The van der Waals surface area contributed by atoms with Gasteiger partial charge in [0.2, 0.25) is 10.0 Å². The maximum atomic E-state index is 12.3. The van der Waals surface area contributed by atoms with Crippen LogP contribution in [0.4, 0.5) is 0 Å². The zero-order chi connectivity index (χ0) is 16.1. The maximum Gasteiger partial charge on any atom is 0.304 e. The van der Waals surface area contributed by atoms with E-state index < -0.39 is 22.0 Å². The van der Waals surface area contributed by atoms with Crippen LogP contribution in [-0.4, -0.2) is 31.3 Å². The lowest BCUT2D eigenvalue weighted by Gasteiger charge is -2.27. The molecule has 1 aliphatic carbocycles. The van der Waals surface area contributed by atoms with Crippen molar-refractivity contribution in [2.24, 2.45) is 11.3 Å². The Balaban J connectivity index is 2.63. The van der Waals surface area contributed by atoms with E-state index in [2.05, 4.69) is 4.72 Å². The van der Waals surface area contributed by atoms with E-state index in [4.69, 9.17) is 5.11 Å². The molecule has 0 saturated heterocycles. The van der Waals surface area contributed by atoms with Crippen LogP contribution in [0, 0.1) is 11.3 Å². The molecule has 2 N–H and O–H groups in total. The molecular weight excluding hydrogens is 290 g/mol. The molecule has 21 heavy (non-hydrogen) atoms. The molecule has 5 nitrogen and oxygen atoms in total. The van der Waals surface area contributed by atoms with Gasteiger partial charge in [0.05, 0.1) is 12.2 Å². The molecule has 124 valence electrons. The van der Waals surface area contributed by atoms with E-state index in [1.54, 1.807) is 0 Å². The zero-order valence-electron chi connectivity index (χ0n) is 13.4. The second-order valence-corrected chi connectivity index (χ2v) is 9.26. The van der Waals surface area contributed by atoms with Gasteiger partial charge in [-0.25, -0.2) is 13.1 Å². The van der Waals surface area contributed by atoms with Crippen LogP contribution in [0.2, 0.25) is 0 Å². The van der Waals surface area contributed by atoms with Crippen molar-refractivity contribution in [3.05, 3.63) is 0 Å². The third kappa shape index (κ3) is 8.41. The number of sulfonamides is 1. The van der Waals surface area contributed by atoms with Gasteiger partial charge in [0.1, 0.15) is 0 Å². The standard InChI is InChI=1S/C15H29NO4S/c1-15(2,3)10-13(9-14(17)18)16-21(19,20)11-12-7-5-4-6-8-12/h12-13,16H,4-11H2,1-3H3,(H,17,18). The molecule has 0 aliphatic heterocycles. The largest absolute Gasteiger partial charge is 0.481 e. The van der Waals surface area contributed by atoms with Crippen molar-refractivity contribution in [1.82, 2.24) is 4.72 Å². The van der Waals surface area contributed by atoms with Gasteiger partial charge < -0.3 is 5.11 Å². The van der Waals surface area contributed by atoms with E-state index in [1.165, 1.54) is 6.42 Å². The van der Waals surface area contributed by atoms with E-state index in [-0.39, 0.29) is 23.5 Å². The number of nitrogens with one attached hydrogen (secondary N) is 1. The summed E-state index contributed by atoms with van der Waals surface area (Å²) in [7, 11) is -3.41. The minimum absolute atomic E-state index is 0.118. The molecule has 1 aliphatic rings. The third-order valence-electron chi connectivity index (χ3n) is 3.81. The van der Waals surface area contributed by atoms with Crippen LogP contribution in [0.3, 0.4) is 0 Å². The summed E-state index contributed by atoms with van der Waals surface area (Å²) >= 11 is 0. The molecule has 0 bridgehead atoms. The summed E-state index contributed by atoms with van der Waals surface area (Å²) in [6, 6.07) is -0.531. The Labute approximate surface area is 128 Å². The second kappa shape index (κ2) is 7.58. The van der Waals surface area contributed by atoms with Crippen LogP contribution < -0.4 is 4.72 Å². The topological polar surface area (TPSA) is 83.5 Å². The molecule has 0 radical (unpaired) electrons. The van der Waals surface area contributed by atoms with Gasteiger partial charge in [-0.15, -0.1) is 0 Å². The molecule has 1 rings (SSSR count). The zero-order valence-corrected chi connectivity index (χ0v) is 14.2. The summed E-state index contributed by atoms with van der Waals surface area (Å²) in [4.78, 5) is 10.9. The van der Waals surface area contributed by atoms with Crippen molar-refractivity contribution in [3.63, 3.8) is 0 Å². The second-order valence-electron chi connectivity index (χ2n) is 7.46. The first-order valence-corrected chi connectivity index (χ1v) is 9.44. The molecule has 0 aromatic heterocycles. The summed E-state index contributed by atoms with van der Waals surface area (Å²) in [6.45, 7) is 5.95. The summed E-state index contributed by atoms with van der Waals surface area (Å²) in [5.74, 6) is -0.617. The minimum atomic E-state index is -3.41. The maximum absolute atomic E-state index is 12.3. The van der Waals surface area contributed by atoms with Gasteiger partial charge in [0, 0.05) is 6.04 Å². The van der Waals surface area contributed by atoms with Gasteiger partial charge in [0.25, 0.3) is 0 Å². The van der Waals surface area contributed by atoms with Gasteiger partial charge in [-0.05, 0) is 30.6 Å². The van der Waals surface area contributed by atoms with Crippen molar-refractivity contribution < 1.29 is 18.3 Å². The predicted molar refractivity (Wildman–Crippen MR) is 83.6 cm³/mol. The van der Waals surface area contributed by atoms with E-state index in [0.29, 0.717) is 6.42 Å². The number of rotatable bonds is 7. The Hall–Kier alpha value is -0.620. The van der Waals surface area contributed by atoms with Crippen LogP contribution in [-0.2, 0) is 14.8 Å². The third-order valence-corrected chi connectivity index (χ3v) is 5.41. The molecule has 1 atom stereocenters. The summed E-state index contributed by atoms with van der Waals surface area (Å²) < 4.78 is 27.2. The summed E-state index contributed by atoms with van der Waals surface area (Å²) in [5.41, 5.74) is -0.118. The van der Waals surface area contributed by atoms with Gasteiger partial charge in [0.15, 0.2) is 0 Å². The van der Waals surface area contributed by atoms with Gasteiger partial charge in [-0.2, -0.15) is 0 Å². The van der Waals surface area contributed by atoms with Crippen molar-refractivity contribution in [3.8, 4) is 0 Å². The Morgan fingerprint density at radius 3 is 2.29 bits per heavy atom. The molecule has 0 heterocycles. The fraction of sp³-hybridized carbons (Fsp3) is 0.933. The van der Waals surface area contributed by atoms with Gasteiger partial charge >= 0.3 is 5.97 Å². The van der Waals surface area contributed by atoms with E-state index in [1.807, 2.05) is 20.8 Å². The number of carbonyl (C=O) groups is 1. The van der Waals surface area contributed by atoms with E-state index in [9.17, 15) is 13.2 Å². The fourth-order valence-corrected chi connectivity index (χ4v) is 4.80. The van der Waals surface area contributed by atoms with Crippen LogP contribution in [0.25, 0.3) is 0 Å². The van der Waals surface area contributed by atoms with Crippen LogP contribution in [0.5, 0.6) is 0 Å². The highest BCUT2D eigenvalue weighted by Gasteiger charge is 2.27. The van der Waals surface area contributed by atoms with Crippen LogP contribution in [0.1, 0.15) is 65.7 Å².